The first kappa shape index (κ1) is 26.3. The van der Waals surface area contributed by atoms with Crippen molar-refractivity contribution >= 4 is 18.0 Å². The molecule has 1 aliphatic rings. The van der Waals surface area contributed by atoms with Crippen LogP contribution >= 0.6 is 0 Å². The minimum atomic E-state index is -0.899. The van der Waals surface area contributed by atoms with Crippen molar-refractivity contribution < 1.29 is 24.2 Å². The van der Waals surface area contributed by atoms with Crippen molar-refractivity contribution in [2.24, 2.45) is 0 Å². The lowest BCUT2D eigenvalue weighted by Gasteiger charge is -2.15. The molecule has 3 rings (SSSR count). The van der Waals surface area contributed by atoms with Crippen LogP contribution in [-0.2, 0) is 14.3 Å². The Bertz CT molecular complexity index is 961. The largest absolute Gasteiger partial charge is 0.481 e. The molecule has 0 fully saturated rings. The van der Waals surface area contributed by atoms with E-state index >= 15 is 0 Å². The Hall–Kier alpha value is -3.35. The number of unbranched alkanes of at least 4 members (excludes halogenated alkanes) is 4. The Labute approximate surface area is 207 Å². The summed E-state index contributed by atoms with van der Waals surface area (Å²) in [4.78, 5) is 34.9. The molecule has 0 spiro atoms. The van der Waals surface area contributed by atoms with Crippen LogP contribution in [-0.4, -0.2) is 42.3 Å². The summed E-state index contributed by atoms with van der Waals surface area (Å²) >= 11 is 0. The van der Waals surface area contributed by atoms with Gasteiger partial charge in [-0.25, -0.2) is 4.79 Å². The van der Waals surface area contributed by atoms with Gasteiger partial charge in [-0.2, -0.15) is 0 Å². The third kappa shape index (κ3) is 7.84. The van der Waals surface area contributed by atoms with Crippen molar-refractivity contribution in [3.05, 3.63) is 59.7 Å². The molecule has 7 heteroatoms. The first-order valence-electron chi connectivity index (χ1n) is 12.6. The van der Waals surface area contributed by atoms with E-state index in [0.717, 1.165) is 32.1 Å². The van der Waals surface area contributed by atoms with Crippen LogP contribution < -0.4 is 10.6 Å². The molecule has 3 N–H and O–H groups in total. The number of rotatable bonds is 14. The van der Waals surface area contributed by atoms with E-state index in [1.807, 2.05) is 31.2 Å². The summed E-state index contributed by atoms with van der Waals surface area (Å²) in [6, 6.07) is 16.2. The van der Waals surface area contributed by atoms with Crippen LogP contribution in [0.3, 0.4) is 0 Å². The second-order valence-corrected chi connectivity index (χ2v) is 9.04. The molecule has 1 aliphatic carbocycles. The van der Waals surface area contributed by atoms with Crippen LogP contribution in [0.15, 0.2) is 48.5 Å². The maximum Gasteiger partial charge on any atom is 0.407 e. The average Bonchev–Trinajstić information content (AvgIpc) is 3.17. The summed E-state index contributed by atoms with van der Waals surface area (Å²) in [5.74, 6) is -0.930. The highest BCUT2D eigenvalue weighted by Gasteiger charge is 2.28. The van der Waals surface area contributed by atoms with Crippen LogP contribution in [0.5, 0.6) is 0 Å². The summed E-state index contributed by atoms with van der Waals surface area (Å²) in [6.07, 6.45) is 5.07. The number of nitrogens with one attached hydrogen (secondary N) is 2. The fourth-order valence-electron chi connectivity index (χ4n) is 4.59. The van der Waals surface area contributed by atoms with Crippen molar-refractivity contribution in [1.29, 1.82) is 0 Å². The molecule has 0 bridgehead atoms. The molecular formula is C28H36N2O5. The Morgan fingerprint density at radius 3 is 2.14 bits per heavy atom. The summed E-state index contributed by atoms with van der Waals surface area (Å²) in [7, 11) is 0. The van der Waals surface area contributed by atoms with Gasteiger partial charge in [-0.05, 0) is 41.5 Å². The number of hydrogen-bond acceptors (Lipinski definition) is 4. The van der Waals surface area contributed by atoms with Crippen LogP contribution in [0.4, 0.5) is 4.79 Å². The number of carboxylic acid groups (broad SMARTS) is 1. The molecular weight excluding hydrogens is 444 g/mol. The second kappa shape index (κ2) is 13.5. The summed E-state index contributed by atoms with van der Waals surface area (Å²) in [6.45, 7) is 2.74. The SMILES string of the molecule is CCC(CC(=O)O)NC(=O)CCCCCCCNC(=O)OCC1c2ccccc2-c2ccccc21. The maximum absolute atomic E-state index is 12.2. The van der Waals surface area contributed by atoms with Crippen LogP contribution in [0, 0.1) is 0 Å². The third-order valence-electron chi connectivity index (χ3n) is 6.47. The Morgan fingerprint density at radius 1 is 0.914 bits per heavy atom. The number of fused-ring (bicyclic) bond motifs is 3. The van der Waals surface area contributed by atoms with Gasteiger partial charge in [0.2, 0.25) is 5.91 Å². The molecule has 0 saturated carbocycles. The van der Waals surface area contributed by atoms with E-state index in [0.29, 0.717) is 26.0 Å². The van der Waals surface area contributed by atoms with Gasteiger partial charge < -0.3 is 20.5 Å². The zero-order chi connectivity index (χ0) is 25.0. The highest BCUT2D eigenvalue weighted by Crippen LogP contribution is 2.44. The number of carbonyl (C=O) groups is 3. The first-order chi connectivity index (χ1) is 17.0. The van der Waals surface area contributed by atoms with Crippen molar-refractivity contribution in [2.75, 3.05) is 13.2 Å². The van der Waals surface area contributed by atoms with Gasteiger partial charge in [0, 0.05) is 24.9 Å². The Balaban J connectivity index is 1.26. The second-order valence-electron chi connectivity index (χ2n) is 9.04. The lowest BCUT2D eigenvalue weighted by atomic mass is 9.98. The molecule has 0 saturated heterocycles. The number of ether oxygens (including phenoxy) is 1. The fraction of sp³-hybridized carbons (Fsp3) is 0.464. The number of hydrogen-bond donors (Lipinski definition) is 3. The standard InChI is InChI=1S/C28H36N2O5/c1-2-20(18-27(32)33)30-26(31)16-6-4-3-5-11-17-29-28(34)35-19-25-23-14-9-7-12-21(23)22-13-8-10-15-24(22)25/h7-10,12-15,20,25H,2-6,11,16-19H2,1H3,(H,29,34)(H,30,31)(H,32,33). The van der Waals surface area contributed by atoms with Gasteiger partial charge in [-0.15, -0.1) is 0 Å². The molecule has 1 unspecified atom stereocenters. The number of alkyl carbamates (subject to hydrolysis) is 1. The van der Waals surface area contributed by atoms with Crippen LogP contribution in [0.25, 0.3) is 11.1 Å². The van der Waals surface area contributed by atoms with Crippen LogP contribution in [0.1, 0.15) is 75.3 Å². The lowest BCUT2D eigenvalue weighted by Crippen LogP contribution is -2.35. The van der Waals surface area contributed by atoms with E-state index < -0.39 is 12.1 Å². The maximum atomic E-state index is 12.2. The normalized spacial score (nSPS) is 12.9. The van der Waals surface area contributed by atoms with Crippen molar-refractivity contribution in [1.82, 2.24) is 10.6 Å². The third-order valence-corrected chi connectivity index (χ3v) is 6.47. The van der Waals surface area contributed by atoms with Gasteiger partial charge in [0.1, 0.15) is 6.61 Å². The highest BCUT2D eigenvalue weighted by molar-refractivity contribution is 5.79. The lowest BCUT2D eigenvalue weighted by molar-refractivity contribution is -0.137. The first-order valence-corrected chi connectivity index (χ1v) is 12.6. The van der Waals surface area contributed by atoms with E-state index in [-0.39, 0.29) is 24.3 Å². The van der Waals surface area contributed by atoms with Gasteiger partial charge in [-0.3, -0.25) is 9.59 Å². The summed E-state index contributed by atoms with van der Waals surface area (Å²) < 4.78 is 5.54. The van der Waals surface area contributed by atoms with Crippen molar-refractivity contribution in [2.45, 2.75) is 70.3 Å². The van der Waals surface area contributed by atoms with E-state index in [1.165, 1.54) is 22.3 Å². The smallest absolute Gasteiger partial charge is 0.407 e. The summed E-state index contributed by atoms with van der Waals surface area (Å²) in [5.41, 5.74) is 4.81. The average molecular weight is 481 g/mol. The zero-order valence-electron chi connectivity index (χ0n) is 20.4. The molecule has 188 valence electrons. The van der Waals surface area contributed by atoms with Gasteiger partial charge in [0.15, 0.2) is 0 Å². The predicted molar refractivity (Wildman–Crippen MR) is 135 cm³/mol. The molecule has 35 heavy (non-hydrogen) atoms. The molecule has 1 atom stereocenters. The van der Waals surface area contributed by atoms with E-state index in [4.69, 9.17) is 9.84 Å². The molecule has 2 amide bonds. The van der Waals surface area contributed by atoms with Gasteiger partial charge >= 0.3 is 12.1 Å². The number of carboxylic acids is 1. The number of aliphatic carboxylic acids is 1. The van der Waals surface area contributed by atoms with Crippen molar-refractivity contribution in [3.8, 4) is 11.1 Å². The molecule has 2 aromatic carbocycles. The van der Waals surface area contributed by atoms with Gasteiger partial charge in [-0.1, -0.05) is 74.7 Å². The molecule has 0 aromatic heterocycles. The highest BCUT2D eigenvalue weighted by atomic mass is 16.5. The number of benzene rings is 2. The predicted octanol–water partition coefficient (Wildman–Crippen LogP) is 5.24. The van der Waals surface area contributed by atoms with E-state index in [2.05, 4.69) is 34.9 Å². The number of carbonyl (C=O) groups excluding carboxylic acids is 2. The Kier molecular flexibility index (Phi) is 10.1. The minimum Gasteiger partial charge on any atom is -0.481 e. The molecule has 2 aromatic rings. The molecule has 0 radical (unpaired) electrons. The number of amides is 2. The summed E-state index contributed by atoms with van der Waals surface area (Å²) in [5, 5.41) is 14.5. The quantitative estimate of drug-likeness (QED) is 0.321. The van der Waals surface area contributed by atoms with E-state index in [9.17, 15) is 14.4 Å². The van der Waals surface area contributed by atoms with Crippen LogP contribution in [0.2, 0.25) is 0 Å². The monoisotopic (exact) mass is 480 g/mol. The fourth-order valence-corrected chi connectivity index (χ4v) is 4.59. The van der Waals surface area contributed by atoms with E-state index in [1.54, 1.807) is 0 Å². The molecule has 7 nitrogen and oxygen atoms in total. The molecule has 0 heterocycles. The topological polar surface area (TPSA) is 105 Å². The zero-order valence-corrected chi connectivity index (χ0v) is 20.4. The molecule has 0 aliphatic heterocycles. The van der Waals surface area contributed by atoms with Gasteiger partial charge in [0.25, 0.3) is 0 Å². The van der Waals surface area contributed by atoms with Gasteiger partial charge in [0.05, 0.1) is 6.42 Å². The Morgan fingerprint density at radius 2 is 1.51 bits per heavy atom. The van der Waals surface area contributed by atoms with Crippen molar-refractivity contribution in [3.63, 3.8) is 0 Å². The minimum absolute atomic E-state index is 0.0427.